The number of carbonyl (C=O) groups is 1. The van der Waals surface area contributed by atoms with Gasteiger partial charge < -0.3 is 10.5 Å². The molecule has 0 saturated carbocycles. The Bertz CT molecular complexity index is 193. The highest BCUT2D eigenvalue weighted by Gasteiger charge is 1.95. The number of hydrogen-bond donors (Lipinski definition) is 1. The predicted molar refractivity (Wildman–Crippen MR) is 71.8 cm³/mol. The Labute approximate surface area is 105 Å². The van der Waals surface area contributed by atoms with Gasteiger partial charge in [-0.25, -0.2) is 4.79 Å². The van der Waals surface area contributed by atoms with Crippen LogP contribution in [0, 0.1) is 0 Å². The van der Waals surface area contributed by atoms with Crippen molar-refractivity contribution in [2.75, 3.05) is 13.2 Å². The predicted octanol–water partition coefficient (Wildman–Crippen LogP) is 3.19. The van der Waals surface area contributed by atoms with Crippen molar-refractivity contribution in [1.82, 2.24) is 0 Å². The van der Waals surface area contributed by atoms with Crippen molar-refractivity contribution in [3.8, 4) is 0 Å². The highest BCUT2D eigenvalue weighted by atomic mass is 16.5. The number of carbonyl (C=O) groups excluding carboxylic acids is 1. The molecule has 17 heavy (non-hydrogen) atoms. The molecule has 0 spiro atoms. The fourth-order valence-electron chi connectivity index (χ4n) is 1.72. The van der Waals surface area contributed by atoms with E-state index in [2.05, 4.69) is 6.58 Å². The summed E-state index contributed by atoms with van der Waals surface area (Å²) in [7, 11) is 0. The summed E-state index contributed by atoms with van der Waals surface area (Å²) in [5.74, 6) is -0.315. The molecule has 0 aromatic rings. The monoisotopic (exact) mass is 241 g/mol. The third kappa shape index (κ3) is 13.1. The van der Waals surface area contributed by atoms with Crippen LogP contribution in [-0.4, -0.2) is 19.1 Å². The van der Waals surface area contributed by atoms with E-state index in [1.165, 1.54) is 44.6 Å². The highest BCUT2D eigenvalue weighted by Crippen LogP contribution is 2.09. The van der Waals surface area contributed by atoms with Crippen LogP contribution in [-0.2, 0) is 9.53 Å². The average Bonchev–Trinajstić information content (AvgIpc) is 2.35. The number of esters is 1. The Hall–Kier alpha value is -0.830. The smallest absolute Gasteiger partial charge is 0.330 e. The van der Waals surface area contributed by atoms with Crippen molar-refractivity contribution in [3.05, 3.63) is 12.7 Å². The molecule has 0 heterocycles. The molecular formula is C14H27NO2. The molecule has 3 nitrogen and oxygen atoms in total. The Morgan fingerprint density at radius 1 is 0.941 bits per heavy atom. The molecular weight excluding hydrogens is 214 g/mol. The van der Waals surface area contributed by atoms with E-state index in [9.17, 15) is 4.79 Å². The average molecular weight is 241 g/mol. The van der Waals surface area contributed by atoms with E-state index in [0.29, 0.717) is 6.61 Å². The quantitative estimate of drug-likeness (QED) is 0.324. The summed E-state index contributed by atoms with van der Waals surface area (Å²) in [6.45, 7) is 4.70. The maximum Gasteiger partial charge on any atom is 0.330 e. The Morgan fingerprint density at radius 3 is 1.88 bits per heavy atom. The van der Waals surface area contributed by atoms with Crippen LogP contribution in [0.1, 0.15) is 57.8 Å². The van der Waals surface area contributed by atoms with Crippen molar-refractivity contribution >= 4 is 5.97 Å². The van der Waals surface area contributed by atoms with Gasteiger partial charge in [0, 0.05) is 6.08 Å². The second kappa shape index (κ2) is 13.2. The molecule has 3 heteroatoms. The Morgan fingerprint density at radius 2 is 1.41 bits per heavy atom. The normalized spacial score (nSPS) is 10.2. The number of ether oxygens (including phenoxy) is 1. The fourth-order valence-corrected chi connectivity index (χ4v) is 1.72. The largest absolute Gasteiger partial charge is 0.463 e. The summed E-state index contributed by atoms with van der Waals surface area (Å²) in [5, 5.41) is 0. The first-order valence-electron chi connectivity index (χ1n) is 6.80. The van der Waals surface area contributed by atoms with Crippen molar-refractivity contribution in [2.45, 2.75) is 57.8 Å². The van der Waals surface area contributed by atoms with Gasteiger partial charge in [0.05, 0.1) is 6.61 Å². The second-order valence-corrected chi connectivity index (χ2v) is 4.34. The van der Waals surface area contributed by atoms with Gasteiger partial charge in [0.2, 0.25) is 0 Å². The Kier molecular flexibility index (Phi) is 12.6. The minimum Gasteiger partial charge on any atom is -0.463 e. The molecule has 0 unspecified atom stereocenters. The van der Waals surface area contributed by atoms with Crippen LogP contribution < -0.4 is 5.73 Å². The van der Waals surface area contributed by atoms with Gasteiger partial charge in [-0.05, 0) is 19.4 Å². The molecule has 0 saturated heterocycles. The lowest BCUT2D eigenvalue weighted by Crippen LogP contribution is -2.01. The number of nitrogens with two attached hydrogens (primary N) is 1. The van der Waals surface area contributed by atoms with E-state index in [1.807, 2.05) is 0 Å². The van der Waals surface area contributed by atoms with Crippen LogP contribution in [0.4, 0.5) is 0 Å². The maximum absolute atomic E-state index is 10.7. The van der Waals surface area contributed by atoms with Gasteiger partial charge in [-0.3, -0.25) is 0 Å². The third-order valence-electron chi connectivity index (χ3n) is 2.76. The molecule has 0 aliphatic rings. The topological polar surface area (TPSA) is 52.3 Å². The van der Waals surface area contributed by atoms with Crippen molar-refractivity contribution in [1.29, 1.82) is 0 Å². The van der Waals surface area contributed by atoms with Crippen LogP contribution in [0.2, 0.25) is 0 Å². The summed E-state index contributed by atoms with van der Waals surface area (Å²) in [6.07, 6.45) is 12.2. The first kappa shape index (κ1) is 16.2. The zero-order valence-corrected chi connectivity index (χ0v) is 11.0. The molecule has 0 atom stereocenters. The standard InChI is InChI=1S/C14H27NO2/c1-2-14(16)17-13-11-9-7-5-3-4-6-8-10-12-15/h2H,1,3-13,15H2. The van der Waals surface area contributed by atoms with Crippen LogP contribution in [0.15, 0.2) is 12.7 Å². The van der Waals surface area contributed by atoms with Crippen LogP contribution in [0.3, 0.4) is 0 Å². The lowest BCUT2D eigenvalue weighted by molar-refractivity contribution is -0.137. The van der Waals surface area contributed by atoms with E-state index in [0.717, 1.165) is 25.8 Å². The first-order valence-corrected chi connectivity index (χ1v) is 6.80. The van der Waals surface area contributed by atoms with E-state index >= 15 is 0 Å². The first-order chi connectivity index (χ1) is 8.31. The summed E-state index contributed by atoms with van der Waals surface area (Å²) in [5.41, 5.74) is 5.43. The van der Waals surface area contributed by atoms with Crippen molar-refractivity contribution < 1.29 is 9.53 Å². The fraction of sp³-hybridized carbons (Fsp3) is 0.786. The van der Waals surface area contributed by atoms with Gasteiger partial charge in [-0.1, -0.05) is 51.5 Å². The summed E-state index contributed by atoms with van der Waals surface area (Å²) in [4.78, 5) is 10.7. The molecule has 0 fully saturated rings. The minimum atomic E-state index is -0.315. The van der Waals surface area contributed by atoms with Gasteiger partial charge in [-0.15, -0.1) is 0 Å². The van der Waals surface area contributed by atoms with Crippen molar-refractivity contribution in [3.63, 3.8) is 0 Å². The van der Waals surface area contributed by atoms with E-state index < -0.39 is 0 Å². The third-order valence-corrected chi connectivity index (χ3v) is 2.76. The summed E-state index contributed by atoms with van der Waals surface area (Å²) in [6, 6.07) is 0. The summed E-state index contributed by atoms with van der Waals surface area (Å²) >= 11 is 0. The number of rotatable bonds is 12. The van der Waals surface area contributed by atoms with E-state index in [-0.39, 0.29) is 5.97 Å². The SMILES string of the molecule is C=CC(=O)OCCCCCCCCCCCN. The number of hydrogen-bond acceptors (Lipinski definition) is 3. The number of unbranched alkanes of at least 4 members (excludes halogenated alkanes) is 8. The molecule has 2 N–H and O–H groups in total. The molecule has 0 aliphatic carbocycles. The minimum absolute atomic E-state index is 0.315. The lowest BCUT2D eigenvalue weighted by Gasteiger charge is -2.03. The molecule has 0 aromatic heterocycles. The molecule has 0 bridgehead atoms. The molecule has 100 valence electrons. The van der Waals surface area contributed by atoms with Crippen LogP contribution in [0.5, 0.6) is 0 Å². The van der Waals surface area contributed by atoms with Gasteiger partial charge in [-0.2, -0.15) is 0 Å². The molecule has 0 amide bonds. The van der Waals surface area contributed by atoms with Crippen LogP contribution in [0.25, 0.3) is 0 Å². The highest BCUT2D eigenvalue weighted by molar-refractivity contribution is 5.81. The van der Waals surface area contributed by atoms with E-state index in [4.69, 9.17) is 10.5 Å². The van der Waals surface area contributed by atoms with Crippen LogP contribution >= 0.6 is 0 Å². The second-order valence-electron chi connectivity index (χ2n) is 4.34. The van der Waals surface area contributed by atoms with E-state index in [1.54, 1.807) is 0 Å². The van der Waals surface area contributed by atoms with Crippen molar-refractivity contribution in [2.24, 2.45) is 5.73 Å². The van der Waals surface area contributed by atoms with Gasteiger partial charge in [0.25, 0.3) is 0 Å². The molecule has 0 aromatic carbocycles. The van der Waals surface area contributed by atoms with Gasteiger partial charge in [0.15, 0.2) is 0 Å². The zero-order valence-electron chi connectivity index (χ0n) is 11.0. The molecule has 0 radical (unpaired) electrons. The van der Waals surface area contributed by atoms with Gasteiger partial charge >= 0.3 is 5.97 Å². The lowest BCUT2D eigenvalue weighted by atomic mass is 10.1. The summed E-state index contributed by atoms with van der Waals surface area (Å²) < 4.78 is 4.89. The zero-order chi connectivity index (χ0) is 12.8. The Balaban J connectivity index is 2.98. The molecule has 0 rings (SSSR count). The maximum atomic E-state index is 10.7. The van der Waals surface area contributed by atoms with Gasteiger partial charge in [0.1, 0.15) is 0 Å². The molecule has 0 aliphatic heterocycles.